The van der Waals surface area contributed by atoms with Crippen molar-refractivity contribution in [3.05, 3.63) is 59.7 Å². The Morgan fingerprint density at radius 1 is 1.09 bits per heavy atom. The summed E-state index contributed by atoms with van der Waals surface area (Å²) >= 11 is 0. The summed E-state index contributed by atoms with van der Waals surface area (Å²) in [4.78, 5) is 41.1. The maximum atomic E-state index is 12.9. The van der Waals surface area contributed by atoms with Gasteiger partial charge in [-0.15, -0.1) is 0 Å². The summed E-state index contributed by atoms with van der Waals surface area (Å²) in [5.41, 5.74) is 8.97. The predicted octanol–water partition coefficient (Wildman–Crippen LogP) is 3.29. The SMILES string of the molecule is CC(C)CN(Cc1cccc(CN)c1)C(=O)C(=O)Nc1ccc(N2CCCCC2=O)cc1. The molecule has 7 heteroatoms. The van der Waals surface area contributed by atoms with E-state index in [1.165, 1.54) is 0 Å². The molecule has 1 heterocycles. The molecule has 32 heavy (non-hydrogen) atoms. The van der Waals surface area contributed by atoms with E-state index in [1.807, 2.05) is 38.1 Å². The number of nitrogens with zero attached hydrogens (tertiary/aromatic N) is 2. The minimum Gasteiger partial charge on any atom is -0.330 e. The van der Waals surface area contributed by atoms with Crippen molar-refractivity contribution in [1.29, 1.82) is 0 Å². The average Bonchev–Trinajstić information content (AvgIpc) is 2.79. The number of nitrogens with two attached hydrogens (primary N) is 1. The van der Waals surface area contributed by atoms with E-state index in [2.05, 4.69) is 5.32 Å². The molecular formula is C25H32N4O3. The third kappa shape index (κ3) is 6.17. The van der Waals surface area contributed by atoms with Gasteiger partial charge < -0.3 is 20.9 Å². The average molecular weight is 437 g/mol. The molecule has 0 aliphatic carbocycles. The number of carbonyl (C=O) groups excluding carboxylic acids is 3. The van der Waals surface area contributed by atoms with Gasteiger partial charge in [-0.1, -0.05) is 38.1 Å². The zero-order valence-electron chi connectivity index (χ0n) is 18.8. The van der Waals surface area contributed by atoms with Gasteiger partial charge in [-0.05, 0) is 54.2 Å². The first-order valence-electron chi connectivity index (χ1n) is 11.2. The van der Waals surface area contributed by atoms with Gasteiger partial charge in [0, 0.05) is 44.0 Å². The molecule has 3 N–H and O–H groups in total. The number of amides is 3. The second-order valence-corrected chi connectivity index (χ2v) is 8.61. The van der Waals surface area contributed by atoms with Crippen molar-refractivity contribution in [1.82, 2.24) is 4.90 Å². The van der Waals surface area contributed by atoms with Gasteiger partial charge in [0.1, 0.15) is 0 Å². The van der Waals surface area contributed by atoms with Crippen LogP contribution in [0.3, 0.4) is 0 Å². The molecule has 0 unspecified atom stereocenters. The summed E-state index contributed by atoms with van der Waals surface area (Å²) in [6.45, 7) is 5.96. The van der Waals surface area contributed by atoms with Gasteiger partial charge in [-0.25, -0.2) is 0 Å². The fraction of sp³-hybridized carbons (Fsp3) is 0.400. The molecule has 0 bridgehead atoms. The van der Waals surface area contributed by atoms with Crippen molar-refractivity contribution < 1.29 is 14.4 Å². The molecule has 1 saturated heterocycles. The van der Waals surface area contributed by atoms with E-state index < -0.39 is 11.8 Å². The van der Waals surface area contributed by atoms with Crippen LogP contribution in [0.15, 0.2) is 48.5 Å². The Labute approximate surface area is 189 Å². The van der Waals surface area contributed by atoms with E-state index in [9.17, 15) is 14.4 Å². The van der Waals surface area contributed by atoms with Gasteiger partial charge in [0.15, 0.2) is 0 Å². The summed E-state index contributed by atoms with van der Waals surface area (Å²) in [5, 5.41) is 2.69. The van der Waals surface area contributed by atoms with Crippen LogP contribution in [0.25, 0.3) is 0 Å². The first-order valence-corrected chi connectivity index (χ1v) is 11.2. The molecular weight excluding hydrogens is 404 g/mol. The zero-order valence-corrected chi connectivity index (χ0v) is 18.8. The van der Waals surface area contributed by atoms with Gasteiger partial charge in [0.25, 0.3) is 0 Å². The Balaban J connectivity index is 1.67. The summed E-state index contributed by atoms with van der Waals surface area (Å²) in [5.74, 6) is -0.924. The van der Waals surface area contributed by atoms with Crippen LogP contribution in [0, 0.1) is 5.92 Å². The standard InChI is InChI=1S/C25H32N4O3/c1-18(2)16-28(17-20-7-5-6-19(14-20)15-26)25(32)24(31)27-21-9-11-22(12-10-21)29-13-4-3-8-23(29)30/h5-7,9-12,14,18H,3-4,8,13,15-17,26H2,1-2H3,(H,27,31). The molecule has 0 atom stereocenters. The van der Waals surface area contributed by atoms with E-state index in [0.717, 1.165) is 29.7 Å². The maximum Gasteiger partial charge on any atom is 0.313 e. The molecule has 7 nitrogen and oxygen atoms in total. The van der Waals surface area contributed by atoms with Crippen molar-refractivity contribution >= 4 is 29.1 Å². The number of carbonyl (C=O) groups is 3. The quantitative estimate of drug-likeness (QED) is 0.651. The Bertz CT molecular complexity index is 956. The summed E-state index contributed by atoms with van der Waals surface area (Å²) in [7, 11) is 0. The van der Waals surface area contributed by atoms with Crippen molar-refractivity contribution in [3.63, 3.8) is 0 Å². The van der Waals surface area contributed by atoms with Gasteiger partial charge in [0.05, 0.1) is 0 Å². The smallest absolute Gasteiger partial charge is 0.313 e. The first-order chi connectivity index (χ1) is 15.4. The molecule has 2 aromatic rings. The van der Waals surface area contributed by atoms with Crippen LogP contribution in [0.1, 0.15) is 44.2 Å². The Morgan fingerprint density at radius 3 is 2.47 bits per heavy atom. The number of benzene rings is 2. The molecule has 3 rings (SSSR count). The van der Waals surface area contributed by atoms with Crippen LogP contribution in [-0.2, 0) is 27.5 Å². The van der Waals surface area contributed by atoms with Gasteiger partial charge >= 0.3 is 11.8 Å². The molecule has 2 aromatic carbocycles. The summed E-state index contributed by atoms with van der Waals surface area (Å²) in [6, 6.07) is 14.8. The van der Waals surface area contributed by atoms with Crippen molar-refractivity contribution in [2.45, 2.75) is 46.2 Å². The number of anilines is 2. The third-order valence-corrected chi connectivity index (χ3v) is 5.43. The fourth-order valence-electron chi connectivity index (χ4n) is 3.87. The minimum atomic E-state index is -0.678. The molecule has 3 amide bonds. The lowest BCUT2D eigenvalue weighted by molar-refractivity contribution is -0.143. The van der Waals surface area contributed by atoms with Crippen molar-refractivity contribution in [3.8, 4) is 0 Å². The Morgan fingerprint density at radius 2 is 1.81 bits per heavy atom. The highest BCUT2D eigenvalue weighted by atomic mass is 16.2. The lowest BCUT2D eigenvalue weighted by Gasteiger charge is -2.27. The van der Waals surface area contributed by atoms with Gasteiger partial charge in [-0.3, -0.25) is 14.4 Å². The van der Waals surface area contributed by atoms with Gasteiger partial charge in [0.2, 0.25) is 5.91 Å². The first kappa shape index (κ1) is 23.5. The van der Waals surface area contributed by atoms with Gasteiger partial charge in [-0.2, -0.15) is 0 Å². The molecule has 0 aromatic heterocycles. The molecule has 0 radical (unpaired) electrons. The lowest BCUT2D eigenvalue weighted by atomic mass is 10.1. The van der Waals surface area contributed by atoms with Crippen LogP contribution in [0.2, 0.25) is 0 Å². The number of hydrogen-bond donors (Lipinski definition) is 2. The molecule has 1 aliphatic rings. The number of hydrogen-bond acceptors (Lipinski definition) is 4. The Hall–Kier alpha value is -3.19. The number of nitrogens with one attached hydrogen (secondary N) is 1. The third-order valence-electron chi connectivity index (χ3n) is 5.43. The maximum absolute atomic E-state index is 12.9. The molecule has 1 aliphatic heterocycles. The van der Waals surface area contributed by atoms with E-state index >= 15 is 0 Å². The van der Waals surface area contributed by atoms with Crippen molar-refractivity contribution in [2.75, 3.05) is 23.3 Å². The second kappa shape index (κ2) is 10.9. The van der Waals surface area contributed by atoms with Crippen LogP contribution < -0.4 is 16.0 Å². The highest BCUT2D eigenvalue weighted by molar-refractivity contribution is 6.39. The molecule has 1 fully saturated rings. The summed E-state index contributed by atoms with van der Waals surface area (Å²) in [6.07, 6.45) is 2.47. The lowest BCUT2D eigenvalue weighted by Crippen LogP contribution is -2.41. The minimum absolute atomic E-state index is 0.117. The highest BCUT2D eigenvalue weighted by Gasteiger charge is 2.24. The zero-order chi connectivity index (χ0) is 23.1. The monoisotopic (exact) mass is 436 g/mol. The highest BCUT2D eigenvalue weighted by Crippen LogP contribution is 2.23. The predicted molar refractivity (Wildman–Crippen MR) is 126 cm³/mol. The largest absolute Gasteiger partial charge is 0.330 e. The van der Waals surface area contributed by atoms with Crippen molar-refractivity contribution in [2.24, 2.45) is 11.7 Å². The topological polar surface area (TPSA) is 95.7 Å². The van der Waals surface area contributed by atoms with E-state index in [-0.39, 0.29) is 11.8 Å². The summed E-state index contributed by atoms with van der Waals surface area (Å²) < 4.78 is 0. The fourth-order valence-corrected chi connectivity index (χ4v) is 3.87. The number of rotatable bonds is 7. The van der Waals surface area contributed by atoms with E-state index in [1.54, 1.807) is 34.1 Å². The van der Waals surface area contributed by atoms with Crippen LogP contribution in [-0.4, -0.2) is 35.7 Å². The van der Waals surface area contributed by atoms with E-state index in [4.69, 9.17) is 5.73 Å². The molecule has 170 valence electrons. The number of piperidine rings is 1. The molecule has 0 saturated carbocycles. The normalized spacial score (nSPS) is 13.9. The van der Waals surface area contributed by atoms with Crippen LogP contribution >= 0.6 is 0 Å². The molecule has 0 spiro atoms. The van der Waals surface area contributed by atoms with E-state index in [0.29, 0.717) is 38.3 Å². The second-order valence-electron chi connectivity index (χ2n) is 8.61. The Kier molecular flexibility index (Phi) is 8.00. The van der Waals surface area contributed by atoms with Crippen LogP contribution in [0.5, 0.6) is 0 Å². The van der Waals surface area contributed by atoms with Crippen LogP contribution in [0.4, 0.5) is 11.4 Å².